The Morgan fingerprint density at radius 2 is 1.88 bits per heavy atom. The summed E-state index contributed by atoms with van der Waals surface area (Å²) in [5, 5.41) is 0. The van der Waals surface area contributed by atoms with Crippen LogP contribution in [0.2, 0.25) is 0 Å². The molecule has 1 heterocycles. The minimum Gasteiger partial charge on any atom is -0.452 e. The van der Waals surface area contributed by atoms with Gasteiger partial charge in [0.25, 0.3) is 5.91 Å². The average molecular weight is 337 g/mol. The van der Waals surface area contributed by atoms with Crippen LogP contribution in [-0.2, 0) is 27.2 Å². The van der Waals surface area contributed by atoms with Gasteiger partial charge in [0, 0.05) is 12.2 Å². The molecule has 2 aromatic carbocycles. The molecule has 0 bridgehead atoms. The molecule has 25 heavy (non-hydrogen) atoms. The van der Waals surface area contributed by atoms with Gasteiger partial charge in [-0.3, -0.25) is 9.59 Å². The second-order valence-corrected chi connectivity index (χ2v) is 6.60. The second kappa shape index (κ2) is 7.09. The Bertz CT molecular complexity index is 813. The van der Waals surface area contributed by atoms with Gasteiger partial charge in [0.05, 0.1) is 6.42 Å². The zero-order chi connectivity index (χ0) is 18.0. The minimum absolute atomic E-state index is 0.168. The Balaban J connectivity index is 1.62. The maximum Gasteiger partial charge on any atom is 0.311 e. The van der Waals surface area contributed by atoms with Crippen LogP contribution in [0.1, 0.15) is 29.2 Å². The third-order valence-electron chi connectivity index (χ3n) is 4.73. The summed E-state index contributed by atoms with van der Waals surface area (Å²) < 4.78 is 5.38. The molecule has 2 aromatic rings. The molecule has 0 unspecified atom stereocenters. The van der Waals surface area contributed by atoms with E-state index in [4.69, 9.17) is 4.74 Å². The Labute approximate surface area is 148 Å². The van der Waals surface area contributed by atoms with Crippen molar-refractivity contribution >= 4 is 17.6 Å². The average Bonchev–Trinajstić information content (AvgIpc) is 3.01. The Kier molecular flexibility index (Phi) is 4.88. The van der Waals surface area contributed by atoms with E-state index in [1.807, 2.05) is 56.3 Å². The number of hydrogen-bond donors (Lipinski definition) is 0. The van der Waals surface area contributed by atoms with E-state index < -0.39 is 6.10 Å². The number of fused-ring (bicyclic) bond motifs is 1. The lowest BCUT2D eigenvalue weighted by Crippen LogP contribution is -2.39. The van der Waals surface area contributed by atoms with E-state index in [2.05, 4.69) is 0 Å². The fourth-order valence-corrected chi connectivity index (χ4v) is 3.16. The van der Waals surface area contributed by atoms with E-state index in [1.165, 1.54) is 5.56 Å². The van der Waals surface area contributed by atoms with Crippen molar-refractivity contribution in [2.24, 2.45) is 0 Å². The van der Waals surface area contributed by atoms with Crippen LogP contribution in [-0.4, -0.2) is 24.5 Å². The SMILES string of the molecule is Cc1ccc(CC(=O)O[C@@H](C)C(=O)N2CCc3ccccc32)cc1C. The third kappa shape index (κ3) is 3.73. The first-order valence-electron chi connectivity index (χ1n) is 8.60. The van der Waals surface area contributed by atoms with E-state index in [0.29, 0.717) is 6.54 Å². The summed E-state index contributed by atoms with van der Waals surface area (Å²) in [6, 6.07) is 13.8. The Morgan fingerprint density at radius 1 is 1.12 bits per heavy atom. The summed E-state index contributed by atoms with van der Waals surface area (Å²) in [6.07, 6.45) is 0.228. The molecule has 1 atom stereocenters. The van der Waals surface area contributed by atoms with Gasteiger partial charge in [-0.1, -0.05) is 36.4 Å². The van der Waals surface area contributed by atoms with Crippen molar-refractivity contribution in [3.63, 3.8) is 0 Å². The van der Waals surface area contributed by atoms with Crippen LogP contribution in [0.15, 0.2) is 42.5 Å². The van der Waals surface area contributed by atoms with Crippen molar-refractivity contribution in [1.29, 1.82) is 0 Å². The number of anilines is 1. The molecular weight excluding hydrogens is 314 g/mol. The monoisotopic (exact) mass is 337 g/mol. The number of hydrogen-bond acceptors (Lipinski definition) is 3. The molecule has 0 N–H and O–H groups in total. The predicted molar refractivity (Wildman–Crippen MR) is 97.7 cm³/mol. The number of carbonyl (C=O) groups excluding carboxylic acids is 2. The highest BCUT2D eigenvalue weighted by Gasteiger charge is 2.29. The zero-order valence-electron chi connectivity index (χ0n) is 14.9. The molecule has 0 aromatic heterocycles. The van der Waals surface area contributed by atoms with Gasteiger partial charge in [0.15, 0.2) is 6.10 Å². The Morgan fingerprint density at radius 3 is 2.64 bits per heavy atom. The first kappa shape index (κ1) is 17.2. The largest absolute Gasteiger partial charge is 0.452 e. The number of rotatable bonds is 4. The number of benzene rings is 2. The summed E-state index contributed by atoms with van der Waals surface area (Å²) in [5.74, 6) is -0.546. The molecule has 0 radical (unpaired) electrons. The highest BCUT2D eigenvalue weighted by Crippen LogP contribution is 2.28. The number of esters is 1. The fourth-order valence-electron chi connectivity index (χ4n) is 3.16. The third-order valence-corrected chi connectivity index (χ3v) is 4.73. The standard InChI is InChI=1S/C21H23NO3/c1-14-8-9-17(12-15(14)2)13-20(23)25-16(3)21(24)22-11-10-18-6-4-5-7-19(18)22/h4-9,12,16H,10-11,13H2,1-3H3/t16-/m0/s1. The number of aryl methyl sites for hydroxylation is 2. The lowest BCUT2D eigenvalue weighted by molar-refractivity contribution is -0.153. The molecule has 1 amide bonds. The van der Waals surface area contributed by atoms with Crippen LogP contribution in [0.3, 0.4) is 0 Å². The van der Waals surface area contributed by atoms with Crippen molar-refractivity contribution in [3.05, 3.63) is 64.7 Å². The number of ether oxygens (including phenoxy) is 1. The van der Waals surface area contributed by atoms with Crippen LogP contribution >= 0.6 is 0 Å². The molecule has 4 heteroatoms. The molecule has 0 saturated carbocycles. The van der Waals surface area contributed by atoms with Crippen molar-refractivity contribution < 1.29 is 14.3 Å². The van der Waals surface area contributed by atoms with Crippen LogP contribution in [0.25, 0.3) is 0 Å². The van der Waals surface area contributed by atoms with Crippen LogP contribution in [0.4, 0.5) is 5.69 Å². The quantitative estimate of drug-likeness (QED) is 0.804. The summed E-state index contributed by atoms with van der Waals surface area (Å²) in [4.78, 5) is 26.5. The van der Waals surface area contributed by atoms with Gasteiger partial charge in [-0.15, -0.1) is 0 Å². The van der Waals surface area contributed by atoms with Gasteiger partial charge >= 0.3 is 5.97 Å². The van der Waals surface area contributed by atoms with Crippen molar-refractivity contribution in [2.75, 3.05) is 11.4 Å². The molecule has 0 spiro atoms. The number of nitrogens with zero attached hydrogens (tertiary/aromatic N) is 1. The number of amides is 1. The maximum atomic E-state index is 12.6. The molecule has 1 aliphatic heterocycles. The van der Waals surface area contributed by atoms with Crippen LogP contribution in [0, 0.1) is 13.8 Å². The summed E-state index contributed by atoms with van der Waals surface area (Å²) >= 11 is 0. The van der Waals surface area contributed by atoms with E-state index in [-0.39, 0.29) is 18.3 Å². The molecule has 0 saturated heterocycles. The highest BCUT2D eigenvalue weighted by molar-refractivity contribution is 5.99. The van der Waals surface area contributed by atoms with E-state index >= 15 is 0 Å². The van der Waals surface area contributed by atoms with Gasteiger partial charge in [-0.2, -0.15) is 0 Å². The van der Waals surface area contributed by atoms with E-state index in [9.17, 15) is 9.59 Å². The highest BCUT2D eigenvalue weighted by atomic mass is 16.5. The van der Waals surface area contributed by atoms with Gasteiger partial charge in [-0.05, 0) is 55.5 Å². The summed E-state index contributed by atoms with van der Waals surface area (Å²) in [6.45, 7) is 6.33. The summed E-state index contributed by atoms with van der Waals surface area (Å²) in [5.41, 5.74) is 5.31. The smallest absolute Gasteiger partial charge is 0.311 e. The first-order chi connectivity index (χ1) is 12.0. The predicted octanol–water partition coefficient (Wildman–Crippen LogP) is 3.37. The lowest BCUT2D eigenvalue weighted by Gasteiger charge is -2.21. The van der Waals surface area contributed by atoms with Gasteiger partial charge in [0.1, 0.15) is 0 Å². The normalized spacial score (nSPS) is 14.1. The van der Waals surface area contributed by atoms with E-state index in [1.54, 1.807) is 11.8 Å². The number of para-hydroxylation sites is 1. The van der Waals surface area contributed by atoms with Crippen LogP contribution < -0.4 is 4.90 Å². The zero-order valence-corrected chi connectivity index (χ0v) is 14.9. The molecule has 0 aliphatic carbocycles. The maximum absolute atomic E-state index is 12.6. The molecule has 4 nitrogen and oxygen atoms in total. The van der Waals surface area contributed by atoms with Crippen molar-refractivity contribution in [1.82, 2.24) is 0 Å². The molecular formula is C21H23NO3. The Hall–Kier alpha value is -2.62. The number of carbonyl (C=O) groups is 2. The molecule has 1 aliphatic rings. The fraction of sp³-hybridized carbons (Fsp3) is 0.333. The molecule has 130 valence electrons. The molecule has 3 rings (SSSR count). The van der Waals surface area contributed by atoms with Crippen LogP contribution in [0.5, 0.6) is 0 Å². The van der Waals surface area contributed by atoms with E-state index in [0.717, 1.165) is 28.8 Å². The summed E-state index contributed by atoms with van der Waals surface area (Å²) in [7, 11) is 0. The van der Waals surface area contributed by atoms with Gasteiger partial charge in [-0.25, -0.2) is 0 Å². The second-order valence-electron chi connectivity index (χ2n) is 6.60. The van der Waals surface area contributed by atoms with Gasteiger partial charge in [0.2, 0.25) is 0 Å². The van der Waals surface area contributed by atoms with Crippen molar-refractivity contribution in [3.8, 4) is 0 Å². The minimum atomic E-state index is -0.787. The molecule has 0 fully saturated rings. The van der Waals surface area contributed by atoms with Gasteiger partial charge < -0.3 is 9.64 Å². The lowest BCUT2D eigenvalue weighted by atomic mass is 10.0. The topological polar surface area (TPSA) is 46.6 Å². The van der Waals surface area contributed by atoms with Crippen molar-refractivity contribution in [2.45, 2.75) is 39.7 Å². The first-order valence-corrected chi connectivity index (χ1v) is 8.60.